The Kier molecular flexibility index (Phi) is 2.54. The van der Waals surface area contributed by atoms with E-state index in [1.807, 2.05) is 41.2 Å². The lowest BCUT2D eigenvalue weighted by Gasteiger charge is -2.10. The van der Waals surface area contributed by atoms with E-state index >= 15 is 0 Å². The van der Waals surface area contributed by atoms with E-state index in [1.54, 1.807) is 19.2 Å². The van der Waals surface area contributed by atoms with Crippen LogP contribution in [0.25, 0.3) is 5.69 Å². The summed E-state index contributed by atoms with van der Waals surface area (Å²) in [7, 11) is 1.65. The number of para-hydroxylation sites is 2. The van der Waals surface area contributed by atoms with Gasteiger partial charge in [-0.05, 0) is 24.3 Å². The largest absolute Gasteiger partial charge is 0.495 e. The fourth-order valence-corrected chi connectivity index (χ4v) is 1.43. The van der Waals surface area contributed by atoms with Crippen molar-refractivity contribution in [2.24, 2.45) is 0 Å². The van der Waals surface area contributed by atoms with Crippen LogP contribution in [0, 0.1) is 5.41 Å². The first-order chi connectivity index (χ1) is 7.31. The molecule has 0 atom stereocenters. The minimum atomic E-state index is 0.501. The van der Waals surface area contributed by atoms with Crippen LogP contribution < -0.4 is 10.1 Å². The molecule has 0 aliphatic carbocycles. The number of ether oxygens (including phenoxy) is 1. The summed E-state index contributed by atoms with van der Waals surface area (Å²) in [5.41, 5.74) is 0.972. The number of nitrogens with zero attached hydrogens (tertiary/aromatic N) is 1. The summed E-state index contributed by atoms with van der Waals surface area (Å²) in [5, 5.41) is 7.91. The van der Waals surface area contributed by atoms with E-state index < -0.39 is 0 Å². The topological polar surface area (TPSA) is 38.0 Å². The number of hydrogen-bond acceptors (Lipinski definition) is 2. The fraction of sp³-hybridized carbons (Fsp3) is 0.0833. The van der Waals surface area contributed by atoms with Gasteiger partial charge in [-0.1, -0.05) is 12.1 Å². The lowest BCUT2D eigenvalue weighted by atomic mass is 10.3. The third-order valence-corrected chi connectivity index (χ3v) is 2.19. The molecule has 0 amide bonds. The van der Waals surface area contributed by atoms with Gasteiger partial charge in [0.25, 0.3) is 0 Å². The van der Waals surface area contributed by atoms with E-state index in [0.717, 1.165) is 11.4 Å². The zero-order chi connectivity index (χ0) is 10.7. The average Bonchev–Trinajstić information content (AvgIpc) is 2.30. The first kappa shape index (κ1) is 9.52. The Balaban J connectivity index is 2.53. The fourth-order valence-electron chi connectivity index (χ4n) is 1.43. The van der Waals surface area contributed by atoms with Gasteiger partial charge in [-0.3, -0.25) is 0 Å². The standard InChI is InChI=1S/C12H12N2O/c1-15-12-5-3-2-4-11(12)14-8-6-10(13)7-9-14/h2-9,13H,1H3. The van der Waals surface area contributed by atoms with Gasteiger partial charge in [0.2, 0.25) is 0 Å². The van der Waals surface area contributed by atoms with Crippen molar-refractivity contribution >= 4 is 0 Å². The van der Waals surface area contributed by atoms with Crippen molar-refractivity contribution < 1.29 is 4.74 Å². The molecule has 2 rings (SSSR count). The number of aromatic nitrogens is 1. The highest BCUT2D eigenvalue weighted by Gasteiger charge is 2.00. The average molecular weight is 200 g/mol. The summed E-state index contributed by atoms with van der Waals surface area (Å²) in [6, 6.07) is 11.3. The number of hydrogen-bond donors (Lipinski definition) is 1. The van der Waals surface area contributed by atoms with Crippen molar-refractivity contribution in [2.75, 3.05) is 7.11 Å². The van der Waals surface area contributed by atoms with Crippen LogP contribution in [-0.2, 0) is 0 Å². The van der Waals surface area contributed by atoms with Gasteiger partial charge in [-0.2, -0.15) is 0 Å². The maximum Gasteiger partial charge on any atom is 0.142 e. The van der Waals surface area contributed by atoms with Crippen LogP contribution >= 0.6 is 0 Å². The molecule has 3 nitrogen and oxygen atoms in total. The van der Waals surface area contributed by atoms with E-state index in [2.05, 4.69) is 0 Å². The van der Waals surface area contributed by atoms with Crippen LogP contribution in [0.4, 0.5) is 0 Å². The Bertz CT molecular complexity index is 497. The van der Waals surface area contributed by atoms with Gasteiger partial charge in [0.1, 0.15) is 5.75 Å². The van der Waals surface area contributed by atoms with Crippen LogP contribution in [0.5, 0.6) is 5.75 Å². The molecule has 0 saturated carbocycles. The molecule has 0 spiro atoms. The molecule has 0 bridgehead atoms. The highest BCUT2D eigenvalue weighted by Crippen LogP contribution is 2.20. The van der Waals surface area contributed by atoms with Gasteiger partial charge in [-0.25, -0.2) is 0 Å². The molecular formula is C12H12N2O. The summed E-state index contributed by atoms with van der Waals surface area (Å²) in [6.07, 6.45) is 3.69. The van der Waals surface area contributed by atoms with Crippen LogP contribution in [0.2, 0.25) is 0 Å². The van der Waals surface area contributed by atoms with E-state index in [-0.39, 0.29) is 0 Å². The van der Waals surface area contributed by atoms with Crippen molar-refractivity contribution in [1.82, 2.24) is 4.57 Å². The molecule has 3 heteroatoms. The summed E-state index contributed by atoms with van der Waals surface area (Å²) >= 11 is 0. The zero-order valence-corrected chi connectivity index (χ0v) is 8.47. The summed E-state index contributed by atoms with van der Waals surface area (Å²) in [5.74, 6) is 0.820. The third-order valence-electron chi connectivity index (χ3n) is 2.19. The van der Waals surface area contributed by atoms with E-state index in [4.69, 9.17) is 10.1 Å². The van der Waals surface area contributed by atoms with E-state index in [0.29, 0.717) is 5.36 Å². The van der Waals surface area contributed by atoms with Gasteiger partial charge in [-0.15, -0.1) is 0 Å². The quantitative estimate of drug-likeness (QED) is 0.790. The molecule has 0 aliphatic rings. The molecule has 0 fully saturated rings. The highest BCUT2D eigenvalue weighted by atomic mass is 16.5. The van der Waals surface area contributed by atoms with Gasteiger partial charge in [0.05, 0.1) is 18.2 Å². The molecular weight excluding hydrogens is 188 g/mol. The third kappa shape index (κ3) is 1.91. The first-order valence-electron chi connectivity index (χ1n) is 4.67. The van der Waals surface area contributed by atoms with Crippen LogP contribution in [-0.4, -0.2) is 11.7 Å². The number of benzene rings is 1. The van der Waals surface area contributed by atoms with Gasteiger partial charge in [0, 0.05) is 12.4 Å². The monoisotopic (exact) mass is 200 g/mol. The van der Waals surface area contributed by atoms with Crippen LogP contribution in [0.15, 0.2) is 48.8 Å². The van der Waals surface area contributed by atoms with Crippen LogP contribution in [0.3, 0.4) is 0 Å². The summed E-state index contributed by atoms with van der Waals surface area (Å²) < 4.78 is 7.19. The molecule has 0 aliphatic heterocycles. The first-order valence-corrected chi connectivity index (χ1v) is 4.67. The van der Waals surface area contributed by atoms with Crippen molar-refractivity contribution in [1.29, 1.82) is 5.41 Å². The van der Waals surface area contributed by atoms with Gasteiger partial charge < -0.3 is 14.7 Å². The predicted octanol–water partition coefficient (Wildman–Crippen LogP) is 1.97. The second kappa shape index (κ2) is 4.00. The number of methoxy groups -OCH3 is 1. The molecule has 1 aromatic heterocycles. The lowest BCUT2D eigenvalue weighted by molar-refractivity contribution is 0.413. The maximum absolute atomic E-state index is 7.41. The SMILES string of the molecule is COc1ccccc1-n1ccc(=N)cc1. The molecule has 15 heavy (non-hydrogen) atoms. The number of pyridine rings is 1. The van der Waals surface area contributed by atoms with Crippen LogP contribution in [0.1, 0.15) is 0 Å². The normalized spacial score (nSPS) is 9.93. The van der Waals surface area contributed by atoms with Crippen molar-refractivity contribution in [3.05, 3.63) is 54.1 Å². The second-order valence-corrected chi connectivity index (χ2v) is 3.17. The number of nitrogens with one attached hydrogen (secondary N) is 1. The molecule has 1 aromatic carbocycles. The molecule has 1 N–H and O–H groups in total. The van der Waals surface area contributed by atoms with Crippen molar-refractivity contribution in [3.63, 3.8) is 0 Å². The second-order valence-electron chi connectivity index (χ2n) is 3.17. The molecule has 2 aromatic rings. The zero-order valence-electron chi connectivity index (χ0n) is 8.47. The Hall–Kier alpha value is -2.03. The Morgan fingerprint density at radius 3 is 2.40 bits per heavy atom. The Morgan fingerprint density at radius 2 is 1.73 bits per heavy atom. The smallest absolute Gasteiger partial charge is 0.142 e. The molecule has 0 saturated heterocycles. The Labute approximate surface area is 88.1 Å². The maximum atomic E-state index is 7.41. The highest BCUT2D eigenvalue weighted by molar-refractivity contribution is 5.46. The minimum absolute atomic E-state index is 0.501. The number of rotatable bonds is 2. The molecule has 1 heterocycles. The van der Waals surface area contributed by atoms with Gasteiger partial charge >= 0.3 is 0 Å². The Morgan fingerprint density at radius 1 is 1.07 bits per heavy atom. The van der Waals surface area contributed by atoms with Crippen molar-refractivity contribution in [3.8, 4) is 11.4 Å². The molecule has 76 valence electrons. The summed E-state index contributed by atoms with van der Waals surface area (Å²) in [4.78, 5) is 0. The molecule has 0 unspecified atom stereocenters. The van der Waals surface area contributed by atoms with E-state index in [9.17, 15) is 0 Å². The lowest BCUT2D eigenvalue weighted by Crippen LogP contribution is -2.03. The summed E-state index contributed by atoms with van der Waals surface area (Å²) in [6.45, 7) is 0. The van der Waals surface area contributed by atoms with Crippen molar-refractivity contribution in [2.45, 2.75) is 0 Å². The minimum Gasteiger partial charge on any atom is -0.495 e. The predicted molar refractivity (Wildman–Crippen MR) is 58.2 cm³/mol. The molecule has 0 radical (unpaired) electrons. The van der Waals surface area contributed by atoms with Gasteiger partial charge in [0.15, 0.2) is 0 Å². The van der Waals surface area contributed by atoms with E-state index in [1.165, 1.54) is 0 Å².